The van der Waals surface area contributed by atoms with Crippen LogP contribution in [-0.4, -0.2) is 41.7 Å². The van der Waals surface area contributed by atoms with Gasteiger partial charge in [-0.15, -0.1) is 0 Å². The highest BCUT2D eigenvalue weighted by Crippen LogP contribution is 2.35. The van der Waals surface area contributed by atoms with Crippen LogP contribution in [0.3, 0.4) is 0 Å². The average Bonchev–Trinajstić information content (AvgIpc) is 2.90. The van der Waals surface area contributed by atoms with Crippen molar-refractivity contribution in [3.8, 4) is 0 Å². The van der Waals surface area contributed by atoms with Crippen LogP contribution in [0.25, 0.3) is 0 Å². The van der Waals surface area contributed by atoms with Crippen LogP contribution in [-0.2, 0) is 19.9 Å². The van der Waals surface area contributed by atoms with Gasteiger partial charge in [0.25, 0.3) is 5.91 Å². The van der Waals surface area contributed by atoms with Crippen molar-refractivity contribution in [3.63, 3.8) is 0 Å². The zero-order chi connectivity index (χ0) is 21.6. The fourth-order valence-electron chi connectivity index (χ4n) is 3.59. The van der Waals surface area contributed by atoms with Crippen LogP contribution in [0, 0.1) is 0 Å². The highest BCUT2D eigenvalue weighted by molar-refractivity contribution is 6.35. The number of imide groups is 1. The zero-order valence-electron chi connectivity index (χ0n) is 15.7. The molecule has 4 rings (SSSR count). The lowest BCUT2D eigenvalue weighted by atomic mass is 9.92. The quantitative estimate of drug-likeness (QED) is 0.707. The summed E-state index contributed by atoms with van der Waals surface area (Å²) in [4.78, 5) is 52.6. The third-order valence-corrected chi connectivity index (χ3v) is 5.66. The molecule has 2 aromatic rings. The van der Waals surface area contributed by atoms with Gasteiger partial charge in [-0.2, -0.15) is 0 Å². The molecule has 1 saturated heterocycles. The minimum absolute atomic E-state index is 0.209. The van der Waals surface area contributed by atoms with Gasteiger partial charge in [-0.25, -0.2) is 4.79 Å². The second kappa shape index (κ2) is 7.30. The van der Waals surface area contributed by atoms with Crippen LogP contribution in [0.15, 0.2) is 42.5 Å². The average molecular weight is 447 g/mol. The molecule has 0 aliphatic carbocycles. The molecule has 8 nitrogen and oxygen atoms in total. The molecule has 10 heteroatoms. The summed E-state index contributed by atoms with van der Waals surface area (Å²) in [6, 6.07) is 10.7. The number of nitrogens with zero attached hydrogens (tertiary/aromatic N) is 2. The van der Waals surface area contributed by atoms with E-state index in [1.165, 1.54) is 17.9 Å². The van der Waals surface area contributed by atoms with Crippen molar-refractivity contribution in [3.05, 3.63) is 58.1 Å². The van der Waals surface area contributed by atoms with Crippen molar-refractivity contribution in [1.82, 2.24) is 10.2 Å². The molecule has 0 aromatic heterocycles. The molecule has 5 amide bonds. The first-order valence-corrected chi connectivity index (χ1v) is 9.75. The Balaban J connectivity index is 1.60. The summed E-state index contributed by atoms with van der Waals surface area (Å²) < 4.78 is 0. The Labute approximate surface area is 181 Å². The molecule has 2 aliphatic rings. The maximum Gasteiger partial charge on any atom is 0.325 e. The molecule has 30 heavy (non-hydrogen) atoms. The monoisotopic (exact) mass is 446 g/mol. The molecular weight excluding hydrogens is 431 g/mol. The predicted octanol–water partition coefficient (Wildman–Crippen LogP) is 2.75. The standard InChI is InChI=1S/C20H16Cl2N4O4/c1-20(12-7-6-11(21)8-13(12)22)18(29)26(19(30)24-20)10-17(28)25-9-16(27)23-14-4-2-3-5-15(14)25/h2-8H,9-10H2,1H3,(H,23,27)(H,24,30). The molecule has 1 unspecified atom stereocenters. The fourth-order valence-corrected chi connectivity index (χ4v) is 4.19. The molecule has 2 N–H and O–H groups in total. The Morgan fingerprint density at radius 1 is 1.13 bits per heavy atom. The number of carbonyl (C=O) groups is 4. The molecular formula is C20H16Cl2N4O4. The summed E-state index contributed by atoms with van der Waals surface area (Å²) in [6.07, 6.45) is 0. The van der Waals surface area contributed by atoms with E-state index >= 15 is 0 Å². The van der Waals surface area contributed by atoms with Gasteiger partial charge in [0.05, 0.1) is 11.4 Å². The lowest BCUT2D eigenvalue weighted by molar-refractivity contribution is -0.134. The smallest absolute Gasteiger partial charge is 0.323 e. The van der Waals surface area contributed by atoms with E-state index in [4.69, 9.17) is 23.2 Å². The minimum atomic E-state index is -1.45. The van der Waals surface area contributed by atoms with Crippen LogP contribution >= 0.6 is 23.2 Å². The van der Waals surface area contributed by atoms with Crippen LogP contribution < -0.4 is 15.5 Å². The summed E-state index contributed by atoms with van der Waals surface area (Å²) in [5.74, 6) is -1.55. The number of carbonyl (C=O) groups excluding carboxylic acids is 4. The van der Waals surface area contributed by atoms with Crippen LogP contribution in [0.2, 0.25) is 10.0 Å². The summed E-state index contributed by atoms with van der Waals surface area (Å²) in [5.41, 5.74) is -0.102. The van der Waals surface area contributed by atoms with Crippen LogP contribution in [0.4, 0.5) is 16.2 Å². The van der Waals surface area contributed by atoms with Gasteiger partial charge in [0.15, 0.2) is 0 Å². The Morgan fingerprint density at radius 2 is 1.87 bits per heavy atom. The fraction of sp³-hybridized carbons (Fsp3) is 0.200. The Bertz CT molecular complexity index is 1110. The number of para-hydroxylation sites is 2. The molecule has 2 aliphatic heterocycles. The summed E-state index contributed by atoms with van der Waals surface area (Å²) in [7, 11) is 0. The molecule has 0 radical (unpaired) electrons. The number of hydrogen-bond donors (Lipinski definition) is 2. The van der Waals surface area contributed by atoms with Gasteiger partial charge in [0.2, 0.25) is 11.8 Å². The van der Waals surface area contributed by atoms with Crippen molar-refractivity contribution in [2.24, 2.45) is 0 Å². The first-order chi connectivity index (χ1) is 14.2. The first kappa shape index (κ1) is 20.2. The van der Waals surface area contributed by atoms with Gasteiger partial charge >= 0.3 is 6.03 Å². The SMILES string of the molecule is CC1(c2ccc(Cl)cc2Cl)NC(=O)N(CC(=O)N2CC(=O)Nc3ccccc32)C1=O. The van der Waals surface area contributed by atoms with E-state index in [2.05, 4.69) is 10.6 Å². The van der Waals surface area contributed by atoms with Crippen LogP contribution in [0.1, 0.15) is 12.5 Å². The lowest BCUT2D eigenvalue weighted by Gasteiger charge is -2.30. The van der Waals surface area contributed by atoms with Crippen molar-refractivity contribution in [1.29, 1.82) is 0 Å². The van der Waals surface area contributed by atoms with E-state index in [9.17, 15) is 19.2 Å². The van der Waals surface area contributed by atoms with E-state index in [1.54, 1.807) is 36.4 Å². The maximum absolute atomic E-state index is 13.1. The van der Waals surface area contributed by atoms with Gasteiger partial charge in [-0.1, -0.05) is 41.4 Å². The number of urea groups is 1. The van der Waals surface area contributed by atoms with Gasteiger partial charge in [0.1, 0.15) is 18.6 Å². The summed E-state index contributed by atoms with van der Waals surface area (Å²) in [6.45, 7) is 0.781. The lowest BCUT2D eigenvalue weighted by Crippen LogP contribution is -2.48. The largest absolute Gasteiger partial charge is 0.325 e. The second-order valence-corrected chi connectivity index (χ2v) is 7.96. The van der Waals surface area contributed by atoms with E-state index < -0.39 is 29.9 Å². The Morgan fingerprint density at radius 3 is 2.60 bits per heavy atom. The van der Waals surface area contributed by atoms with E-state index in [0.29, 0.717) is 22.0 Å². The van der Waals surface area contributed by atoms with Gasteiger partial charge in [0, 0.05) is 15.6 Å². The third-order valence-electron chi connectivity index (χ3n) is 5.11. The van der Waals surface area contributed by atoms with Gasteiger partial charge in [-0.3, -0.25) is 24.2 Å². The predicted molar refractivity (Wildman–Crippen MR) is 111 cm³/mol. The maximum atomic E-state index is 13.1. The van der Waals surface area contributed by atoms with E-state index in [0.717, 1.165) is 4.90 Å². The first-order valence-electron chi connectivity index (χ1n) is 8.99. The Hall–Kier alpha value is -3.10. The van der Waals surface area contributed by atoms with E-state index in [1.807, 2.05) is 0 Å². The van der Waals surface area contributed by atoms with Gasteiger partial charge in [-0.05, 0) is 31.2 Å². The number of rotatable bonds is 3. The van der Waals surface area contributed by atoms with Crippen molar-refractivity contribution >= 4 is 58.3 Å². The van der Waals surface area contributed by atoms with Crippen molar-refractivity contribution in [2.75, 3.05) is 23.3 Å². The number of nitrogens with one attached hydrogen (secondary N) is 2. The number of amides is 5. The molecule has 1 atom stereocenters. The minimum Gasteiger partial charge on any atom is -0.323 e. The highest BCUT2D eigenvalue weighted by atomic mass is 35.5. The van der Waals surface area contributed by atoms with E-state index in [-0.39, 0.29) is 17.5 Å². The molecule has 0 bridgehead atoms. The Kier molecular flexibility index (Phi) is 4.91. The zero-order valence-corrected chi connectivity index (χ0v) is 17.3. The number of anilines is 2. The molecule has 0 saturated carbocycles. The normalized spacial score (nSPS) is 20.7. The van der Waals surface area contributed by atoms with Gasteiger partial charge < -0.3 is 10.6 Å². The molecule has 2 aromatic carbocycles. The number of benzene rings is 2. The second-order valence-electron chi connectivity index (χ2n) is 7.12. The third kappa shape index (κ3) is 3.28. The molecule has 154 valence electrons. The number of halogens is 2. The molecule has 1 fully saturated rings. The number of fused-ring (bicyclic) bond motifs is 1. The summed E-state index contributed by atoms with van der Waals surface area (Å²) in [5, 5.41) is 5.89. The van der Waals surface area contributed by atoms with Crippen LogP contribution in [0.5, 0.6) is 0 Å². The molecule has 2 heterocycles. The van der Waals surface area contributed by atoms with Crippen molar-refractivity contribution in [2.45, 2.75) is 12.5 Å². The summed E-state index contributed by atoms with van der Waals surface area (Å²) >= 11 is 12.2. The topological polar surface area (TPSA) is 98.8 Å². The number of hydrogen-bond acceptors (Lipinski definition) is 4. The molecule has 0 spiro atoms. The van der Waals surface area contributed by atoms with Crippen molar-refractivity contribution < 1.29 is 19.2 Å². The highest BCUT2D eigenvalue weighted by Gasteiger charge is 2.50.